The minimum absolute atomic E-state index is 0.0542. The Morgan fingerprint density at radius 2 is 1.86 bits per heavy atom. The Balaban J connectivity index is 3.01. The zero-order valence-corrected chi connectivity index (χ0v) is 13.9. The van der Waals surface area contributed by atoms with Crippen LogP contribution in [-0.2, 0) is 11.2 Å². The molecular weight excluding hydrogens is 266 g/mol. The molecule has 1 unspecified atom stereocenters. The van der Waals surface area contributed by atoms with Crippen molar-refractivity contribution in [3.63, 3.8) is 0 Å². The summed E-state index contributed by atoms with van der Waals surface area (Å²) >= 11 is 0. The maximum Gasteiger partial charge on any atom is 0.244 e. The number of aryl methyl sites for hydroxylation is 1. The second kappa shape index (κ2) is 7.81. The summed E-state index contributed by atoms with van der Waals surface area (Å²) in [5, 5.41) is 6.46. The Morgan fingerprint density at radius 1 is 1.24 bits per heavy atom. The summed E-state index contributed by atoms with van der Waals surface area (Å²) < 4.78 is 0. The Labute approximate surface area is 127 Å². The topological polar surface area (TPSA) is 70.1 Å². The molecule has 1 aromatic rings. The number of likely N-dealkylation sites (N-methyl/N-ethyl adjacent to an activating group) is 1. The molecule has 0 aliphatic rings. The zero-order chi connectivity index (χ0) is 16.0. The molecule has 21 heavy (non-hydrogen) atoms. The van der Waals surface area contributed by atoms with E-state index in [9.17, 15) is 4.79 Å². The lowest BCUT2D eigenvalue weighted by Gasteiger charge is -2.22. The minimum Gasteiger partial charge on any atom is -0.370 e. The summed E-state index contributed by atoms with van der Waals surface area (Å²) in [6, 6.07) is -0.317. The van der Waals surface area contributed by atoms with E-state index in [1.165, 1.54) is 0 Å². The third kappa shape index (κ3) is 4.31. The third-order valence-electron chi connectivity index (χ3n) is 3.43. The number of hydrogen-bond acceptors (Lipinski definition) is 5. The van der Waals surface area contributed by atoms with Gasteiger partial charge in [-0.2, -0.15) is 0 Å². The number of hydrogen-bond donors (Lipinski definition) is 2. The first-order valence-corrected chi connectivity index (χ1v) is 7.57. The highest BCUT2D eigenvalue weighted by molar-refractivity contribution is 5.84. The Hall–Kier alpha value is -1.85. The lowest BCUT2D eigenvalue weighted by Crippen LogP contribution is -2.39. The molecule has 0 aliphatic carbocycles. The molecule has 0 fully saturated rings. The van der Waals surface area contributed by atoms with Gasteiger partial charge in [-0.15, -0.1) is 0 Å². The van der Waals surface area contributed by atoms with Gasteiger partial charge in [0.15, 0.2) is 0 Å². The fourth-order valence-corrected chi connectivity index (χ4v) is 1.95. The van der Waals surface area contributed by atoms with Gasteiger partial charge < -0.3 is 15.5 Å². The van der Waals surface area contributed by atoms with Gasteiger partial charge in [0.05, 0.1) is 0 Å². The first kappa shape index (κ1) is 17.2. The van der Waals surface area contributed by atoms with Crippen molar-refractivity contribution in [3.8, 4) is 0 Å². The molecule has 0 saturated heterocycles. The average Bonchev–Trinajstić information content (AvgIpc) is 2.49. The van der Waals surface area contributed by atoms with E-state index < -0.39 is 0 Å². The highest BCUT2D eigenvalue weighted by atomic mass is 16.2. The molecule has 0 radical (unpaired) electrons. The molecular formula is C15H27N5O. The monoisotopic (exact) mass is 293 g/mol. The average molecular weight is 293 g/mol. The normalized spacial score (nSPS) is 11.9. The van der Waals surface area contributed by atoms with Crippen LogP contribution in [-0.4, -0.2) is 47.0 Å². The predicted octanol–water partition coefficient (Wildman–Crippen LogP) is 2.06. The number of aromatic nitrogens is 2. The van der Waals surface area contributed by atoms with Crippen LogP contribution in [0.25, 0.3) is 0 Å². The molecule has 6 nitrogen and oxygen atoms in total. The molecule has 1 heterocycles. The summed E-state index contributed by atoms with van der Waals surface area (Å²) in [6.45, 7) is 11.3. The van der Waals surface area contributed by atoms with Crippen molar-refractivity contribution in [1.82, 2.24) is 14.9 Å². The second-order valence-corrected chi connectivity index (χ2v) is 5.06. The lowest BCUT2D eigenvalue weighted by atomic mass is 10.2. The number of nitrogens with zero attached hydrogens (tertiary/aromatic N) is 3. The molecule has 2 N–H and O–H groups in total. The predicted molar refractivity (Wildman–Crippen MR) is 86.7 cm³/mol. The minimum atomic E-state index is -0.317. The molecule has 0 bridgehead atoms. The fraction of sp³-hybridized carbons (Fsp3) is 0.667. The standard InChI is InChI=1S/C15H27N5O/c1-7-12-18-13(16-8-2)10(4)14(19-12)17-11(5)15(21)20(6)9-3/h11H,7-9H2,1-6H3,(H2,16,17,18,19). The highest BCUT2D eigenvalue weighted by Gasteiger charge is 2.19. The Morgan fingerprint density at radius 3 is 2.38 bits per heavy atom. The van der Waals surface area contributed by atoms with Crippen LogP contribution in [0.15, 0.2) is 0 Å². The van der Waals surface area contributed by atoms with E-state index in [2.05, 4.69) is 20.6 Å². The lowest BCUT2D eigenvalue weighted by molar-refractivity contribution is -0.130. The summed E-state index contributed by atoms with van der Waals surface area (Å²) in [5.41, 5.74) is 0.938. The van der Waals surface area contributed by atoms with Crippen molar-refractivity contribution in [2.75, 3.05) is 30.8 Å². The van der Waals surface area contributed by atoms with Crippen LogP contribution in [0.5, 0.6) is 0 Å². The number of carbonyl (C=O) groups excluding carboxylic acids is 1. The van der Waals surface area contributed by atoms with Gasteiger partial charge in [-0.1, -0.05) is 6.92 Å². The number of anilines is 2. The van der Waals surface area contributed by atoms with Crippen LogP contribution in [0.4, 0.5) is 11.6 Å². The zero-order valence-electron chi connectivity index (χ0n) is 13.9. The van der Waals surface area contributed by atoms with E-state index in [4.69, 9.17) is 0 Å². The molecule has 118 valence electrons. The van der Waals surface area contributed by atoms with Crippen molar-refractivity contribution >= 4 is 17.5 Å². The first-order valence-electron chi connectivity index (χ1n) is 7.57. The van der Waals surface area contributed by atoms with Gasteiger partial charge in [0.25, 0.3) is 0 Å². The van der Waals surface area contributed by atoms with Crippen LogP contribution in [0, 0.1) is 6.92 Å². The van der Waals surface area contributed by atoms with Gasteiger partial charge >= 0.3 is 0 Å². The number of carbonyl (C=O) groups is 1. The van der Waals surface area contributed by atoms with Crippen molar-refractivity contribution in [2.24, 2.45) is 0 Å². The van der Waals surface area contributed by atoms with Gasteiger partial charge in [0.2, 0.25) is 5.91 Å². The summed E-state index contributed by atoms with van der Waals surface area (Å²) in [4.78, 5) is 22.8. The summed E-state index contributed by atoms with van der Waals surface area (Å²) in [6.07, 6.45) is 0.755. The fourth-order valence-electron chi connectivity index (χ4n) is 1.95. The summed E-state index contributed by atoms with van der Waals surface area (Å²) in [7, 11) is 1.80. The molecule has 6 heteroatoms. The molecule has 0 saturated carbocycles. The number of nitrogens with one attached hydrogen (secondary N) is 2. The maximum absolute atomic E-state index is 12.2. The van der Waals surface area contributed by atoms with E-state index >= 15 is 0 Å². The number of rotatable bonds is 7. The van der Waals surface area contributed by atoms with Gasteiger partial charge in [-0.25, -0.2) is 9.97 Å². The second-order valence-electron chi connectivity index (χ2n) is 5.06. The largest absolute Gasteiger partial charge is 0.370 e. The quantitative estimate of drug-likeness (QED) is 0.805. The first-order chi connectivity index (χ1) is 9.94. The Bertz CT molecular complexity index is 489. The molecule has 1 aromatic heterocycles. The molecule has 1 amide bonds. The van der Waals surface area contributed by atoms with E-state index in [1.807, 2.05) is 34.6 Å². The van der Waals surface area contributed by atoms with Crippen molar-refractivity contribution < 1.29 is 4.79 Å². The van der Waals surface area contributed by atoms with Crippen LogP contribution >= 0.6 is 0 Å². The molecule has 0 spiro atoms. The maximum atomic E-state index is 12.2. The number of amides is 1. The SMILES string of the molecule is CCNc1nc(CC)nc(NC(C)C(=O)N(C)CC)c1C. The molecule has 1 atom stereocenters. The van der Waals surface area contributed by atoms with E-state index in [0.717, 1.165) is 36.0 Å². The van der Waals surface area contributed by atoms with Crippen LogP contribution in [0.3, 0.4) is 0 Å². The van der Waals surface area contributed by atoms with E-state index in [-0.39, 0.29) is 11.9 Å². The molecule has 0 aromatic carbocycles. The van der Waals surface area contributed by atoms with Gasteiger partial charge in [-0.3, -0.25) is 4.79 Å². The third-order valence-corrected chi connectivity index (χ3v) is 3.43. The molecule has 1 rings (SSSR count). The van der Waals surface area contributed by atoms with Gasteiger partial charge in [0, 0.05) is 32.1 Å². The Kier molecular flexibility index (Phi) is 6.39. The van der Waals surface area contributed by atoms with Crippen molar-refractivity contribution in [1.29, 1.82) is 0 Å². The van der Waals surface area contributed by atoms with Gasteiger partial charge in [0.1, 0.15) is 23.5 Å². The van der Waals surface area contributed by atoms with Crippen molar-refractivity contribution in [3.05, 3.63) is 11.4 Å². The van der Waals surface area contributed by atoms with Crippen LogP contribution in [0.2, 0.25) is 0 Å². The van der Waals surface area contributed by atoms with E-state index in [0.29, 0.717) is 6.54 Å². The van der Waals surface area contributed by atoms with Crippen LogP contribution in [0.1, 0.15) is 39.1 Å². The molecule has 0 aliphatic heterocycles. The van der Waals surface area contributed by atoms with Crippen molar-refractivity contribution in [2.45, 2.75) is 47.1 Å². The summed E-state index contributed by atoms with van der Waals surface area (Å²) in [5.74, 6) is 2.37. The smallest absolute Gasteiger partial charge is 0.244 e. The van der Waals surface area contributed by atoms with E-state index in [1.54, 1.807) is 11.9 Å². The highest BCUT2D eigenvalue weighted by Crippen LogP contribution is 2.21. The van der Waals surface area contributed by atoms with Gasteiger partial charge in [-0.05, 0) is 27.7 Å². The van der Waals surface area contributed by atoms with Crippen LogP contribution < -0.4 is 10.6 Å².